The summed E-state index contributed by atoms with van der Waals surface area (Å²) in [5.41, 5.74) is 8.73. The third-order valence-electron chi connectivity index (χ3n) is 7.02. The SMILES string of the molecule is C[CH-][P+]12c3cc(C)c(C)c[c]3[Sb]([c]3cc(C)c(C)cc31)[c]1cc(C)c(C)cc12. The van der Waals surface area contributed by atoms with Crippen molar-refractivity contribution in [1.82, 2.24) is 0 Å². The number of hydrogen-bond acceptors (Lipinski definition) is 0. The molecule has 142 valence electrons. The molecule has 0 unspecified atom stereocenters. The van der Waals surface area contributed by atoms with Gasteiger partial charge in [0.1, 0.15) is 0 Å². The molecule has 0 spiro atoms. The summed E-state index contributed by atoms with van der Waals surface area (Å²) in [7, 11) is -1.68. The quantitative estimate of drug-likeness (QED) is 0.278. The van der Waals surface area contributed by atoms with Gasteiger partial charge in [0.05, 0.1) is 0 Å². The predicted molar refractivity (Wildman–Crippen MR) is 128 cm³/mol. The standard InChI is InChI=1S/C26H28P.Sb/c1-8-27(24-12-9-18(2)21(5)15-24,25-13-10-19(3)22(6)16-25)26-14-11-20(4)23(7)17-26;/h8-11,15-17H,1-7H3;. The van der Waals surface area contributed by atoms with Crippen molar-refractivity contribution in [1.29, 1.82) is 0 Å². The molecule has 3 aromatic rings. The molecule has 0 saturated heterocycles. The molecular weight excluding hydrogens is 465 g/mol. The van der Waals surface area contributed by atoms with E-state index in [1.807, 2.05) is 0 Å². The van der Waals surface area contributed by atoms with Crippen molar-refractivity contribution in [2.75, 3.05) is 0 Å². The van der Waals surface area contributed by atoms with E-state index in [9.17, 15) is 0 Å². The maximum absolute atomic E-state index is 2.60. The first-order valence-electron chi connectivity index (χ1n) is 10.1. The van der Waals surface area contributed by atoms with Crippen LogP contribution in [0.5, 0.6) is 0 Å². The minimum atomic E-state index is -2.01. The molecule has 3 aliphatic heterocycles. The van der Waals surface area contributed by atoms with Gasteiger partial charge >= 0.3 is 178 Å². The van der Waals surface area contributed by atoms with Gasteiger partial charge in [-0.1, -0.05) is 0 Å². The van der Waals surface area contributed by atoms with E-state index >= 15 is 0 Å². The van der Waals surface area contributed by atoms with Crippen LogP contribution in [0.2, 0.25) is 0 Å². The summed E-state index contributed by atoms with van der Waals surface area (Å²) in [5, 5.41) is 5.06. The molecule has 0 fully saturated rings. The molecule has 0 atom stereocenters. The topological polar surface area (TPSA) is 0 Å². The summed E-state index contributed by atoms with van der Waals surface area (Å²) in [6.07, 6.45) is 2.60. The molecule has 2 bridgehead atoms. The molecule has 0 aliphatic carbocycles. The molecule has 3 heterocycles. The Balaban J connectivity index is 2.00. The Morgan fingerprint density at radius 2 is 0.821 bits per heavy atom. The van der Waals surface area contributed by atoms with Crippen molar-refractivity contribution < 1.29 is 0 Å². The second-order valence-corrected chi connectivity index (χ2v) is 18.0. The van der Waals surface area contributed by atoms with Crippen LogP contribution in [0.3, 0.4) is 0 Å². The van der Waals surface area contributed by atoms with Gasteiger partial charge in [-0.25, -0.2) is 0 Å². The van der Waals surface area contributed by atoms with Crippen LogP contribution in [-0.4, -0.2) is 20.2 Å². The Labute approximate surface area is 177 Å². The fourth-order valence-electron chi connectivity index (χ4n) is 4.94. The molecule has 0 radical (unpaired) electrons. The van der Waals surface area contributed by atoms with Crippen LogP contribution in [-0.2, 0) is 0 Å². The first kappa shape index (κ1) is 18.9. The fraction of sp³-hybridized carbons (Fsp3) is 0.269. The van der Waals surface area contributed by atoms with Crippen LogP contribution in [0.25, 0.3) is 0 Å². The number of benzene rings is 3. The molecule has 0 saturated carbocycles. The van der Waals surface area contributed by atoms with Crippen LogP contribution in [0.4, 0.5) is 0 Å². The van der Waals surface area contributed by atoms with Crippen LogP contribution >= 0.6 is 7.26 Å². The van der Waals surface area contributed by atoms with E-state index in [0.717, 1.165) is 0 Å². The molecule has 2 heteroatoms. The van der Waals surface area contributed by atoms with Gasteiger partial charge < -0.3 is 0 Å². The third-order valence-corrected chi connectivity index (χ3v) is 20.1. The Bertz CT molecular complexity index is 1030. The zero-order valence-electron chi connectivity index (χ0n) is 17.9. The van der Waals surface area contributed by atoms with Gasteiger partial charge in [-0.2, -0.15) is 0 Å². The average Bonchev–Trinajstić information content (AvgIpc) is 2.65. The van der Waals surface area contributed by atoms with Gasteiger partial charge in [-0.05, 0) is 0 Å². The van der Waals surface area contributed by atoms with Gasteiger partial charge in [0.15, 0.2) is 0 Å². The Morgan fingerprint density at radius 1 is 0.536 bits per heavy atom. The van der Waals surface area contributed by atoms with Crippen molar-refractivity contribution in [2.45, 2.75) is 48.5 Å². The molecule has 0 N–H and O–H groups in total. The molecule has 3 aromatic carbocycles. The third kappa shape index (κ3) is 2.23. The van der Waals surface area contributed by atoms with Crippen molar-refractivity contribution in [2.24, 2.45) is 0 Å². The number of aryl methyl sites for hydroxylation is 6. The summed E-state index contributed by atoms with van der Waals surface area (Å²) >= 11 is -2.01. The van der Waals surface area contributed by atoms with Crippen LogP contribution in [0, 0.1) is 47.7 Å². The number of rotatable bonds is 1. The molecule has 0 aromatic heterocycles. The maximum atomic E-state index is 2.60. The second-order valence-electron chi connectivity index (χ2n) is 8.59. The first-order valence-corrected chi connectivity index (χ1v) is 15.8. The second kappa shape index (κ2) is 6.20. The summed E-state index contributed by atoms with van der Waals surface area (Å²) in [6, 6.07) is 15.4. The predicted octanol–water partition coefficient (Wildman–Crippen LogP) is 3.16. The van der Waals surface area contributed by atoms with Crippen molar-refractivity contribution >= 4 is 53.9 Å². The number of hydrogen-bond donors (Lipinski definition) is 0. The first-order chi connectivity index (χ1) is 13.3. The van der Waals surface area contributed by atoms with Crippen molar-refractivity contribution in [3.63, 3.8) is 0 Å². The Kier molecular flexibility index (Phi) is 4.19. The zero-order valence-corrected chi connectivity index (χ0v) is 21.4. The fourth-order valence-corrected chi connectivity index (χ4v) is 22.6. The monoisotopic (exact) mass is 492 g/mol. The van der Waals surface area contributed by atoms with Gasteiger partial charge in [0.2, 0.25) is 0 Å². The normalized spacial score (nSPS) is 16.0. The Hall–Kier alpha value is -1.09. The van der Waals surface area contributed by atoms with Crippen LogP contribution in [0.15, 0.2) is 36.4 Å². The van der Waals surface area contributed by atoms with Gasteiger partial charge in [0.25, 0.3) is 0 Å². The molecule has 6 rings (SSSR count). The van der Waals surface area contributed by atoms with Gasteiger partial charge in [-0.3, -0.25) is 0 Å². The van der Waals surface area contributed by atoms with E-state index in [0.29, 0.717) is 0 Å². The molecule has 3 aliphatic rings. The van der Waals surface area contributed by atoms with Gasteiger partial charge in [0, 0.05) is 0 Å². The molecule has 0 nitrogen and oxygen atoms in total. The van der Waals surface area contributed by atoms with Crippen molar-refractivity contribution in [3.05, 3.63) is 75.9 Å². The molecular formula is C26H28PSb. The minimum absolute atomic E-state index is 1.45. The summed E-state index contributed by atoms with van der Waals surface area (Å²) < 4.78 is 5.22. The zero-order chi connectivity index (χ0) is 20.0. The van der Waals surface area contributed by atoms with E-state index < -0.39 is 27.5 Å². The van der Waals surface area contributed by atoms with E-state index in [1.165, 1.54) is 33.4 Å². The summed E-state index contributed by atoms with van der Waals surface area (Å²) in [4.78, 5) is 0. The van der Waals surface area contributed by atoms with Crippen LogP contribution < -0.4 is 26.4 Å². The average molecular weight is 493 g/mol. The molecule has 28 heavy (non-hydrogen) atoms. The van der Waals surface area contributed by atoms with Crippen LogP contribution in [0.1, 0.15) is 40.3 Å². The van der Waals surface area contributed by atoms with E-state index in [1.54, 1.807) is 26.4 Å². The van der Waals surface area contributed by atoms with Crippen molar-refractivity contribution in [3.8, 4) is 0 Å². The summed E-state index contributed by atoms with van der Waals surface area (Å²) in [6.45, 7) is 16.1. The van der Waals surface area contributed by atoms with E-state index in [2.05, 4.69) is 91.0 Å². The van der Waals surface area contributed by atoms with Gasteiger partial charge in [-0.15, -0.1) is 0 Å². The molecule has 0 amide bonds. The van der Waals surface area contributed by atoms with E-state index in [4.69, 9.17) is 0 Å². The van der Waals surface area contributed by atoms with E-state index in [-0.39, 0.29) is 0 Å². The summed E-state index contributed by atoms with van der Waals surface area (Å²) in [5.74, 6) is 0. The Morgan fingerprint density at radius 3 is 1.11 bits per heavy atom.